The summed E-state index contributed by atoms with van der Waals surface area (Å²) >= 11 is 1.38. The second-order valence-electron chi connectivity index (χ2n) is 2.05. The van der Waals surface area contributed by atoms with Gasteiger partial charge in [0.15, 0.2) is 6.10 Å². The minimum Gasteiger partial charge on any atom is -0.372 e. The van der Waals surface area contributed by atoms with Gasteiger partial charge >= 0.3 is 0 Å². The van der Waals surface area contributed by atoms with Crippen molar-refractivity contribution in [2.75, 3.05) is 0 Å². The maximum atomic E-state index is 9.02. The Labute approximate surface area is 68.9 Å². The van der Waals surface area contributed by atoms with Gasteiger partial charge in [-0.25, -0.2) is 4.98 Å². The van der Waals surface area contributed by atoms with Crippen LogP contribution in [0.2, 0.25) is 0 Å². The predicted octanol–water partition coefficient (Wildman–Crippen LogP) is 1.26. The molecule has 1 atom stereocenters. The second kappa shape index (κ2) is 3.46. The molecule has 1 unspecified atom stereocenters. The van der Waals surface area contributed by atoms with Gasteiger partial charge in [0.1, 0.15) is 11.1 Å². The first-order valence-corrected chi connectivity index (χ1v) is 4.12. The molecule has 1 aromatic heterocycles. The first-order chi connectivity index (χ1) is 5.27. The molecule has 0 radical (unpaired) electrons. The van der Waals surface area contributed by atoms with E-state index < -0.39 is 6.10 Å². The van der Waals surface area contributed by atoms with Gasteiger partial charge in [-0.15, -0.1) is 11.3 Å². The Morgan fingerprint density at radius 3 is 3.09 bits per heavy atom. The zero-order valence-electron chi connectivity index (χ0n) is 6.11. The van der Waals surface area contributed by atoms with Gasteiger partial charge in [-0.2, -0.15) is 5.26 Å². The van der Waals surface area contributed by atoms with Crippen molar-refractivity contribution in [3.63, 3.8) is 0 Å². The van der Waals surface area contributed by atoms with Gasteiger partial charge in [-0.1, -0.05) is 6.92 Å². The minimum absolute atomic E-state index is 0.490. The van der Waals surface area contributed by atoms with Crippen molar-refractivity contribution in [2.24, 2.45) is 0 Å². The minimum atomic E-state index is -1.06. The lowest BCUT2D eigenvalue weighted by atomic mass is 10.4. The van der Waals surface area contributed by atoms with Gasteiger partial charge < -0.3 is 5.11 Å². The Hall–Kier alpha value is -0.920. The Morgan fingerprint density at radius 2 is 2.64 bits per heavy atom. The highest BCUT2D eigenvalue weighted by atomic mass is 32.1. The fourth-order valence-electron chi connectivity index (χ4n) is 0.668. The molecule has 0 saturated heterocycles. The van der Waals surface area contributed by atoms with Gasteiger partial charge in [-0.05, 0) is 6.42 Å². The highest BCUT2D eigenvalue weighted by Gasteiger charge is 2.09. The average molecular weight is 168 g/mol. The molecule has 0 aliphatic rings. The van der Waals surface area contributed by atoms with Crippen LogP contribution in [0.3, 0.4) is 0 Å². The Bertz CT molecular complexity index is 276. The zero-order valence-corrected chi connectivity index (χ0v) is 6.93. The summed E-state index contributed by atoms with van der Waals surface area (Å²) < 4.78 is 0. The van der Waals surface area contributed by atoms with Crippen molar-refractivity contribution in [1.29, 1.82) is 5.26 Å². The predicted molar refractivity (Wildman–Crippen MR) is 42.1 cm³/mol. The van der Waals surface area contributed by atoms with E-state index in [0.29, 0.717) is 5.01 Å². The quantitative estimate of drug-likeness (QED) is 0.676. The fraction of sp³-hybridized carbons (Fsp3) is 0.429. The number of aromatic nitrogens is 1. The number of aliphatic hydroxyl groups excluding tert-OH is 1. The van der Waals surface area contributed by atoms with Crippen LogP contribution in [0.25, 0.3) is 0 Å². The van der Waals surface area contributed by atoms with Crippen LogP contribution in [-0.4, -0.2) is 10.1 Å². The van der Waals surface area contributed by atoms with Gasteiger partial charge in [0.05, 0.1) is 0 Å². The summed E-state index contributed by atoms with van der Waals surface area (Å²) in [5, 5.41) is 17.9. The largest absolute Gasteiger partial charge is 0.372 e. The molecule has 0 amide bonds. The number of hydrogen-bond donors (Lipinski definition) is 1. The fourth-order valence-corrected chi connectivity index (χ4v) is 1.46. The van der Waals surface area contributed by atoms with Crippen molar-refractivity contribution < 1.29 is 5.11 Å². The lowest BCUT2D eigenvalue weighted by Crippen LogP contribution is -1.90. The molecule has 0 spiro atoms. The topological polar surface area (TPSA) is 56.9 Å². The van der Waals surface area contributed by atoms with Crippen molar-refractivity contribution in [2.45, 2.75) is 19.4 Å². The van der Waals surface area contributed by atoms with Gasteiger partial charge in [0, 0.05) is 11.1 Å². The summed E-state index contributed by atoms with van der Waals surface area (Å²) in [5.74, 6) is 0. The summed E-state index contributed by atoms with van der Waals surface area (Å²) in [4.78, 5) is 5.00. The van der Waals surface area contributed by atoms with Crippen molar-refractivity contribution in [3.8, 4) is 6.07 Å². The van der Waals surface area contributed by atoms with E-state index in [0.717, 1.165) is 11.3 Å². The molecule has 1 rings (SSSR count). The third-order valence-corrected chi connectivity index (χ3v) is 2.47. The van der Waals surface area contributed by atoms with Gasteiger partial charge in [0.2, 0.25) is 0 Å². The van der Waals surface area contributed by atoms with E-state index in [2.05, 4.69) is 4.98 Å². The maximum Gasteiger partial charge on any atom is 0.192 e. The second-order valence-corrected chi connectivity index (χ2v) is 3.20. The lowest BCUT2D eigenvalue weighted by Gasteiger charge is -1.91. The van der Waals surface area contributed by atoms with E-state index >= 15 is 0 Å². The first-order valence-electron chi connectivity index (χ1n) is 3.30. The monoisotopic (exact) mass is 168 g/mol. The molecule has 1 heterocycles. The SMILES string of the molecule is CCc1cnc(C(O)C#N)s1. The average Bonchev–Trinajstić information content (AvgIpc) is 2.50. The van der Waals surface area contributed by atoms with Crippen LogP contribution in [0.15, 0.2) is 6.20 Å². The number of thiazole rings is 1. The third kappa shape index (κ3) is 1.76. The number of nitriles is 1. The molecule has 0 aliphatic heterocycles. The van der Waals surface area contributed by atoms with Crippen LogP contribution in [0.4, 0.5) is 0 Å². The molecule has 4 heteroatoms. The van der Waals surface area contributed by atoms with Gasteiger partial charge in [-0.3, -0.25) is 0 Å². The van der Waals surface area contributed by atoms with Crippen molar-refractivity contribution >= 4 is 11.3 Å². The standard InChI is InChI=1S/C7H8N2OS/c1-2-5-4-9-7(11-5)6(10)3-8/h4,6,10H,2H2,1H3. The number of aryl methyl sites for hydroxylation is 1. The normalized spacial score (nSPS) is 12.5. The van der Waals surface area contributed by atoms with Crippen molar-refractivity contribution in [3.05, 3.63) is 16.1 Å². The number of nitrogens with zero attached hydrogens (tertiary/aromatic N) is 2. The maximum absolute atomic E-state index is 9.02. The van der Waals surface area contributed by atoms with E-state index in [1.165, 1.54) is 11.3 Å². The van der Waals surface area contributed by atoms with Gasteiger partial charge in [0.25, 0.3) is 0 Å². The molecule has 0 bridgehead atoms. The molecule has 0 aromatic carbocycles. The van der Waals surface area contributed by atoms with E-state index in [-0.39, 0.29) is 0 Å². The highest BCUT2D eigenvalue weighted by Crippen LogP contribution is 2.19. The molecule has 0 aliphatic carbocycles. The smallest absolute Gasteiger partial charge is 0.192 e. The number of aliphatic hydroxyl groups is 1. The van der Waals surface area contributed by atoms with E-state index in [9.17, 15) is 0 Å². The molecular formula is C7H8N2OS. The van der Waals surface area contributed by atoms with E-state index in [1.807, 2.05) is 6.92 Å². The van der Waals surface area contributed by atoms with Crippen LogP contribution in [0.1, 0.15) is 22.9 Å². The summed E-state index contributed by atoms with van der Waals surface area (Å²) in [6.07, 6.45) is 1.54. The molecule has 1 N–H and O–H groups in total. The zero-order chi connectivity index (χ0) is 8.27. The van der Waals surface area contributed by atoms with Crippen LogP contribution in [0.5, 0.6) is 0 Å². The van der Waals surface area contributed by atoms with Crippen LogP contribution < -0.4 is 0 Å². The Kier molecular flexibility index (Phi) is 2.58. The number of rotatable bonds is 2. The molecule has 0 saturated carbocycles. The summed E-state index contributed by atoms with van der Waals surface area (Å²) in [6, 6.07) is 1.72. The Morgan fingerprint density at radius 1 is 1.91 bits per heavy atom. The lowest BCUT2D eigenvalue weighted by molar-refractivity contribution is 0.235. The molecule has 1 aromatic rings. The summed E-state index contributed by atoms with van der Waals surface area (Å²) in [6.45, 7) is 2.01. The van der Waals surface area contributed by atoms with Crippen LogP contribution in [-0.2, 0) is 6.42 Å². The molecule has 0 fully saturated rings. The summed E-state index contributed by atoms with van der Waals surface area (Å²) in [7, 11) is 0. The van der Waals surface area contributed by atoms with E-state index in [1.54, 1.807) is 12.3 Å². The summed E-state index contributed by atoms with van der Waals surface area (Å²) in [5.41, 5.74) is 0. The molecular weight excluding hydrogens is 160 g/mol. The van der Waals surface area contributed by atoms with Crippen LogP contribution >= 0.6 is 11.3 Å². The molecule has 11 heavy (non-hydrogen) atoms. The van der Waals surface area contributed by atoms with Crippen molar-refractivity contribution in [1.82, 2.24) is 4.98 Å². The third-order valence-electron chi connectivity index (χ3n) is 1.28. The molecule has 58 valence electrons. The van der Waals surface area contributed by atoms with Crippen LogP contribution in [0, 0.1) is 11.3 Å². The highest BCUT2D eigenvalue weighted by molar-refractivity contribution is 7.11. The van der Waals surface area contributed by atoms with E-state index in [4.69, 9.17) is 10.4 Å². The first kappa shape index (κ1) is 8.18. The molecule has 3 nitrogen and oxygen atoms in total. The Balaban J connectivity index is 2.82. The number of hydrogen-bond acceptors (Lipinski definition) is 4.